The van der Waals surface area contributed by atoms with Crippen molar-refractivity contribution < 1.29 is 14.6 Å². The van der Waals surface area contributed by atoms with Gasteiger partial charge in [0.05, 0.1) is 0 Å². The van der Waals surface area contributed by atoms with Crippen LogP contribution in [0.4, 0.5) is 0 Å². The van der Waals surface area contributed by atoms with Crippen molar-refractivity contribution in [3.8, 4) is 0 Å². The molecule has 2 aliphatic carbocycles. The molecule has 0 heterocycles. The first-order valence-electron chi connectivity index (χ1n) is 14.0. The summed E-state index contributed by atoms with van der Waals surface area (Å²) in [5, 5.41) is 12.0. The van der Waals surface area contributed by atoms with Gasteiger partial charge in [0.1, 0.15) is 6.10 Å². The van der Waals surface area contributed by atoms with E-state index in [1.807, 2.05) is 36.4 Å². The molecule has 0 radical (unpaired) electrons. The van der Waals surface area contributed by atoms with Crippen LogP contribution in [0.1, 0.15) is 58.6 Å². The van der Waals surface area contributed by atoms with Crippen molar-refractivity contribution in [1.82, 2.24) is 9.80 Å². The van der Waals surface area contributed by atoms with Gasteiger partial charge >= 0.3 is 5.97 Å². The van der Waals surface area contributed by atoms with Gasteiger partial charge < -0.3 is 19.6 Å². The number of ether oxygens (including phenoxy) is 1. The maximum atomic E-state index is 14.1. The Labute approximate surface area is 223 Å². The van der Waals surface area contributed by atoms with Gasteiger partial charge in [0.2, 0.25) is 5.60 Å². The maximum Gasteiger partial charge on any atom is 0.347 e. The van der Waals surface area contributed by atoms with Crippen LogP contribution in [0.25, 0.3) is 0 Å². The van der Waals surface area contributed by atoms with Gasteiger partial charge in [-0.05, 0) is 55.4 Å². The third-order valence-corrected chi connectivity index (χ3v) is 10.0. The first kappa shape index (κ1) is 27.8. The molecule has 0 aliphatic heterocycles. The first-order valence-corrected chi connectivity index (χ1v) is 14.0. The van der Waals surface area contributed by atoms with Crippen LogP contribution in [0.3, 0.4) is 0 Å². The van der Waals surface area contributed by atoms with Crippen molar-refractivity contribution in [2.24, 2.45) is 22.7 Å². The highest BCUT2D eigenvalue weighted by Gasteiger charge is 2.68. The molecule has 2 fully saturated rings. The zero-order valence-corrected chi connectivity index (χ0v) is 23.6. The fourth-order valence-corrected chi connectivity index (χ4v) is 7.21. The third kappa shape index (κ3) is 4.86. The normalized spacial score (nSPS) is 26.7. The molecular weight excluding hydrogens is 460 g/mol. The SMILES string of the molecule is CCN(CC)CCN(C)CC1C2CCC(C)(C1OC(=O)C(O)(c1ccccc1)c1ccccc1)C2(C)C. The molecule has 1 N–H and O–H groups in total. The lowest BCUT2D eigenvalue weighted by Gasteiger charge is -2.41. The first-order chi connectivity index (χ1) is 17.6. The molecule has 2 bridgehead atoms. The van der Waals surface area contributed by atoms with Gasteiger partial charge in [-0.2, -0.15) is 0 Å². The average Bonchev–Trinajstić information content (AvgIpc) is 3.23. The molecule has 4 unspecified atom stereocenters. The van der Waals surface area contributed by atoms with Crippen molar-refractivity contribution in [3.05, 3.63) is 71.8 Å². The number of fused-ring (bicyclic) bond motifs is 2. The number of esters is 1. The van der Waals surface area contributed by atoms with Gasteiger partial charge in [-0.1, -0.05) is 95.3 Å². The molecule has 2 aromatic rings. The molecule has 0 aromatic heterocycles. The lowest BCUT2D eigenvalue weighted by molar-refractivity contribution is -0.179. The standard InChI is InChI=1S/C32H46N2O3/c1-7-34(8-2)22-21-33(6)23-26-27-19-20-31(5,30(27,3)4)28(26)37-29(35)32(36,24-15-11-9-12-16-24)25-17-13-10-14-18-25/h9-18,26-28,36H,7-8,19-23H2,1-6H3. The van der Waals surface area contributed by atoms with E-state index in [-0.39, 0.29) is 22.9 Å². The lowest BCUT2D eigenvalue weighted by Crippen LogP contribution is -2.48. The minimum absolute atomic E-state index is 0.0555. The zero-order valence-electron chi connectivity index (χ0n) is 23.6. The van der Waals surface area contributed by atoms with E-state index >= 15 is 0 Å². The average molecular weight is 507 g/mol. The summed E-state index contributed by atoms with van der Waals surface area (Å²) in [4.78, 5) is 18.9. The molecule has 0 saturated heterocycles. The Bertz CT molecular complexity index is 997. The van der Waals surface area contributed by atoms with Crippen LogP contribution in [-0.2, 0) is 15.1 Å². The van der Waals surface area contributed by atoms with E-state index in [2.05, 4.69) is 51.5 Å². The second-order valence-electron chi connectivity index (χ2n) is 12.0. The van der Waals surface area contributed by atoms with Gasteiger partial charge in [-0.3, -0.25) is 0 Å². The van der Waals surface area contributed by atoms with E-state index in [1.54, 1.807) is 24.3 Å². The molecule has 5 heteroatoms. The van der Waals surface area contributed by atoms with E-state index in [0.29, 0.717) is 17.0 Å². The molecule has 2 aliphatic rings. The van der Waals surface area contributed by atoms with Crippen LogP contribution in [0.15, 0.2) is 60.7 Å². The third-order valence-electron chi connectivity index (χ3n) is 10.0. The summed E-state index contributed by atoms with van der Waals surface area (Å²) in [5.41, 5.74) is -0.867. The Morgan fingerprint density at radius 1 is 0.973 bits per heavy atom. The largest absolute Gasteiger partial charge is 0.459 e. The molecule has 4 rings (SSSR count). The van der Waals surface area contributed by atoms with Crippen molar-refractivity contribution in [1.29, 1.82) is 0 Å². The van der Waals surface area contributed by atoms with Crippen LogP contribution >= 0.6 is 0 Å². The Balaban J connectivity index is 1.63. The summed E-state index contributed by atoms with van der Waals surface area (Å²) in [6.07, 6.45) is 1.95. The van der Waals surface area contributed by atoms with Gasteiger partial charge in [-0.15, -0.1) is 0 Å². The maximum absolute atomic E-state index is 14.1. The summed E-state index contributed by atoms with van der Waals surface area (Å²) < 4.78 is 6.51. The Morgan fingerprint density at radius 3 is 2.03 bits per heavy atom. The molecular formula is C32H46N2O3. The number of aliphatic hydroxyl groups is 1. The Kier molecular flexibility index (Phi) is 8.18. The highest BCUT2D eigenvalue weighted by atomic mass is 16.6. The quantitative estimate of drug-likeness (QED) is 0.426. The molecule has 0 spiro atoms. The van der Waals surface area contributed by atoms with E-state index in [1.165, 1.54) is 0 Å². The van der Waals surface area contributed by atoms with E-state index < -0.39 is 11.6 Å². The Morgan fingerprint density at radius 2 is 1.51 bits per heavy atom. The van der Waals surface area contributed by atoms with E-state index in [9.17, 15) is 9.90 Å². The molecule has 4 atom stereocenters. The smallest absolute Gasteiger partial charge is 0.347 e. The van der Waals surface area contributed by atoms with Crippen molar-refractivity contribution in [3.63, 3.8) is 0 Å². The highest BCUT2D eigenvalue weighted by Crippen LogP contribution is 2.68. The van der Waals surface area contributed by atoms with Crippen molar-refractivity contribution >= 4 is 5.97 Å². The van der Waals surface area contributed by atoms with Crippen LogP contribution in [0.2, 0.25) is 0 Å². The van der Waals surface area contributed by atoms with E-state index in [4.69, 9.17) is 4.74 Å². The summed E-state index contributed by atoms with van der Waals surface area (Å²) >= 11 is 0. The fourth-order valence-electron chi connectivity index (χ4n) is 7.21. The number of carbonyl (C=O) groups is 1. The second kappa shape index (κ2) is 10.9. The van der Waals surface area contributed by atoms with Gasteiger partial charge in [0.25, 0.3) is 0 Å². The minimum atomic E-state index is -1.86. The number of hydrogen-bond donors (Lipinski definition) is 1. The number of hydrogen-bond acceptors (Lipinski definition) is 5. The van der Waals surface area contributed by atoms with Gasteiger partial charge in [0, 0.05) is 31.0 Å². The molecule has 5 nitrogen and oxygen atoms in total. The predicted octanol–water partition coefficient (Wildman–Crippen LogP) is 5.18. The molecule has 0 amide bonds. The highest BCUT2D eigenvalue weighted by molar-refractivity contribution is 5.85. The second-order valence-corrected chi connectivity index (χ2v) is 12.0. The van der Waals surface area contributed by atoms with Gasteiger partial charge in [0.15, 0.2) is 0 Å². The minimum Gasteiger partial charge on any atom is -0.459 e. The van der Waals surface area contributed by atoms with Crippen LogP contribution < -0.4 is 0 Å². The van der Waals surface area contributed by atoms with Crippen molar-refractivity contribution in [2.75, 3.05) is 39.8 Å². The molecule has 37 heavy (non-hydrogen) atoms. The fraction of sp³-hybridized carbons (Fsp3) is 0.594. The summed E-state index contributed by atoms with van der Waals surface area (Å²) in [7, 11) is 2.19. The number of rotatable bonds is 11. The zero-order chi connectivity index (χ0) is 26.8. The number of likely N-dealkylation sites (N-methyl/N-ethyl adjacent to an activating group) is 2. The predicted molar refractivity (Wildman–Crippen MR) is 149 cm³/mol. The van der Waals surface area contributed by atoms with Crippen LogP contribution in [-0.4, -0.2) is 66.8 Å². The number of carbonyl (C=O) groups excluding carboxylic acids is 1. The summed E-state index contributed by atoms with van der Waals surface area (Å²) in [6.45, 7) is 16.4. The van der Waals surface area contributed by atoms with Crippen LogP contribution in [0, 0.1) is 22.7 Å². The van der Waals surface area contributed by atoms with E-state index in [0.717, 1.165) is 45.6 Å². The van der Waals surface area contributed by atoms with Crippen LogP contribution in [0.5, 0.6) is 0 Å². The summed E-state index contributed by atoms with van der Waals surface area (Å²) in [5.74, 6) is 0.137. The monoisotopic (exact) mass is 506 g/mol. The molecule has 2 aromatic carbocycles. The topological polar surface area (TPSA) is 53.0 Å². The van der Waals surface area contributed by atoms with Crippen molar-refractivity contribution in [2.45, 2.75) is 59.2 Å². The molecule has 202 valence electrons. The lowest BCUT2D eigenvalue weighted by atomic mass is 9.70. The molecule has 2 saturated carbocycles. The number of nitrogens with zero attached hydrogens (tertiary/aromatic N) is 2. The number of benzene rings is 2. The summed E-state index contributed by atoms with van der Waals surface area (Å²) in [6, 6.07) is 18.4. The van der Waals surface area contributed by atoms with Gasteiger partial charge in [-0.25, -0.2) is 4.79 Å². The Hall–Kier alpha value is -2.21.